The van der Waals surface area contributed by atoms with E-state index in [0.717, 1.165) is 0 Å². The lowest BCUT2D eigenvalue weighted by molar-refractivity contribution is 0.723. The van der Waals surface area contributed by atoms with E-state index < -0.39 is 16.5 Å². The summed E-state index contributed by atoms with van der Waals surface area (Å²) in [6, 6.07) is 26.9. The van der Waals surface area contributed by atoms with Gasteiger partial charge in [-0.2, -0.15) is 0 Å². The Morgan fingerprint density at radius 3 is 1.14 bits per heavy atom. The smallest absolute Gasteiger partial charge is 0.152 e. The van der Waals surface area contributed by atoms with E-state index in [1.165, 1.54) is 44.0 Å². The third-order valence-corrected chi connectivity index (χ3v) is 18.0. The molecule has 36 heavy (non-hydrogen) atoms. The molecule has 0 bridgehead atoms. The molecule has 0 radical (unpaired) electrons. The average Bonchev–Trinajstić information content (AvgIpc) is 2.77. The van der Waals surface area contributed by atoms with Crippen molar-refractivity contribution in [3.05, 3.63) is 72.8 Å². The Bertz CT molecular complexity index is 1300. The summed E-state index contributed by atoms with van der Waals surface area (Å²) in [5.41, 5.74) is 5.12. The summed E-state index contributed by atoms with van der Waals surface area (Å²) in [6.07, 6.45) is 0. The first kappa shape index (κ1) is 26.5. The van der Waals surface area contributed by atoms with Gasteiger partial charge in [0.15, 0.2) is 16.5 Å². The lowest BCUT2D eigenvalue weighted by Gasteiger charge is -2.40. The summed E-state index contributed by atoms with van der Waals surface area (Å²) >= 11 is 0. The molecule has 0 atom stereocenters. The molecule has 4 aromatic carbocycles. The van der Waals surface area contributed by atoms with Gasteiger partial charge in [-0.3, -0.25) is 0 Å². The summed E-state index contributed by atoms with van der Waals surface area (Å²) in [7, 11) is -3.64. The van der Waals surface area contributed by atoms with Crippen LogP contribution in [0.4, 0.5) is 11.4 Å². The predicted octanol–water partition coefficient (Wildman–Crippen LogP) is 10.5. The summed E-state index contributed by atoms with van der Waals surface area (Å²) in [4.78, 5) is 8.25. The van der Waals surface area contributed by atoms with Crippen LogP contribution in [0.25, 0.3) is 32.7 Å². The molecule has 4 rings (SSSR count). The highest BCUT2D eigenvalue weighted by Gasteiger charge is 2.38. The fourth-order valence-corrected chi connectivity index (χ4v) is 6.85. The highest BCUT2D eigenvalue weighted by Crippen LogP contribution is 2.47. The Morgan fingerprint density at radius 1 is 0.472 bits per heavy atom. The molecule has 4 heteroatoms. The first-order valence-corrected chi connectivity index (χ1v) is 19.2. The molecule has 0 fully saturated rings. The number of benzene rings is 4. The fraction of sp³-hybridized carbons (Fsp3) is 0.375. The normalized spacial score (nSPS) is 13.3. The molecule has 0 spiro atoms. The first-order chi connectivity index (χ1) is 16.6. The molecule has 0 aliphatic rings. The first-order valence-electron chi connectivity index (χ1n) is 13.2. The van der Waals surface area contributed by atoms with Crippen molar-refractivity contribution in [3.63, 3.8) is 0 Å². The van der Waals surface area contributed by atoms with Gasteiger partial charge < -0.3 is 9.96 Å². The number of hydrogen-bond acceptors (Lipinski definition) is 2. The van der Waals surface area contributed by atoms with Crippen LogP contribution >= 0.6 is 0 Å². The number of hydrogen-bond donors (Lipinski definition) is 2. The van der Waals surface area contributed by atoms with Gasteiger partial charge in [0.25, 0.3) is 0 Å². The van der Waals surface area contributed by atoms with Crippen molar-refractivity contribution in [2.75, 3.05) is 9.96 Å². The van der Waals surface area contributed by atoms with Crippen LogP contribution in [0.15, 0.2) is 72.8 Å². The van der Waals surface area contributed by atoms with Crippen molar-refractivity contribution in [2.45, 2.75) is 77.8 Å². The van der Waals surface area contributed by atoms with Crippen LogP contribution in [-0.2, 0) is 0 Å². The second kappa shape index (κ2) is 9.07. The molecule has 0 saturated carbocycles. The van der Waals surface area contributed by atoms with E-state index in [2.05, 4.69) is 150 Å². The summed E-state index contributed by atoms with van der Waals surface area (Å²) < 4.78 is 0. The molecule has 0 aromatic heterocycles. The van der Waals surface area contributed by atoms with E-state index in [1.807, 2.05) is 0 Å². The molecule has 0 aliphatic heterocycles. The number of anilines is 2. The van der Waals surface area contributed by atoms with Gasteiger partial charge in [-0.05, 0) is 43.8 Å². The largest absolute Gasteiger partial charge is 0.410 e. The minimum Gasteiger partial charge on any atom is -0.410 e. The van der Waals surface area contributed by atoms with Crippen LogP contribution < -0.4 is 9.96 Å². The fourth-order valence-electron chi connectivity index (χ4n) is 4.34. The number of rotatable bonds is 5. The zero-order chi connectivity index (χ0) is 26.5. The van der Waals surface area contributed by atoms with Crippen molar-refractivity contribution < 1.29 is 0 Å². The van der Waals surface area contributed by atoms with E-state index in [4.69, 9.17) is 0 Å². The standard InChI is InChI=1S/C32H44N2Si2/c1-31(2,3)35(7,8)33-27-21-19-23-15-11-13-17-25(23)29(27)30-26-18-14-12-16-24(26)20-22-28(30)34-36(9,10)32(4,5)6/h11-22,33-34H,1-10H3. The van der Waals surface area contributed by atoms with Crippen molar-refractivity contribution in [2.24, 2.45) is 0 Å². The van der Waals surface area contributed by atoms with Gasteiger partial charge in [-0.15, -0.1) is 0 Å². The molecule has 4 aromatic rings. The van der Waals surface area contributed by atoms with Crippen LogP contribution in [0.5, 0.6) is 0 Å². The van der Waals surface area contributed by atoms with Crippen LogP contribution in [0, 0.1) is 0 Å². The van der Waals surface area contributed by atoms with Crippen molar-refractivity contribution >= 4 is 49.4 Å². The zero-order valence-corrected chi connectivity index (χ0v) is 25.9. The molecule has 190 valence electrons. The van der Waals surface area contributed by atoms with Crippen molar-refractivity contribution in [1.29, 1.82) is 0 Å². The van der Waals surface area contributed by atoms with Crippen LogP contribution in [0.1, 0.15) is 41.5 Å². The van der Waals surface area contributed by atoms with Gasteiger partial charge >= 0.3 is 0 Å². The Morgan fingerprint density at radius 2 is 0.806 bits per heavy atom. The molecule has 0 amide bonds. The van der Waals surface area contributed by atoms with E-state index in [0.29, 0.717) is 0 Å². The summed E-state index contributed by atoms with van der Waals surface area (Å²) in [5.74, 6) is 0. The van der Waals surface area contributed by atoms with Crippen LogP contribution in [0.3, 0.4) is 0 Å². The maximum atomic E-state index is 4.12. The Kier molecular flexibility index (Phi) is 6.68. The lowest BCUT2D eigenvalue weighted by atomic mass is 9.91. The molecule has 0 heterocycles. The van der Waals surface area contributed by atoms with E-state index in [-0.39, 0.29) is 10.1 Å². The number of fused-ring (bicyclic) bond motifs is 2. The monoisotopic (exact) mass is 512 g/mol. The highest BCUT2D eigenvalue weighted by atomic mass is 28.3. The molecule has 0 unspecified atom stereocenters. The van der Waals surface area contributed by atoms with Crippen LogP contribution in [0.2, 0.25) is 36.3 Å². The maximum absolute atomic E-state index is 4.12. The van der Waals surface area contributed by atoms with Gasteiger partial charge in [0.05, 0.1) is 0 Å². The molecule has 0 aliphatic carbocycles. The molecular formula is C32H44N2Si2. The Balaban J connectivity index is 2.09. The maximum Gasteiger partial charge on any atom is 0.152 e. The van der Waals surface area contributed by atoms with Gasteiger partial charge in [0, 0.05) is 22.5 Å². The summed E-state index contributed by atoms with van der Waals surface area (Å²) in [5, 5.41) is 5.60. The second-order valence-electron chi connectivity index (χ2n) is 13.4. The second-order valence-corrected chi connectivity index (χ2v) is 23.4. The molecule has 2 N–H and O–H groups in total. The minimum absolute atomic E-state index is 0.219. The highest BCUT2D eigenvalue weighted by molar-refractivity contribution is 6.83. The van der Waals surface area contributed by atoms with Crippen molar-refractivity contribution in [1.82, 2.24) is 0 Å². The Hall–Kier alpha value is -2.57. The van der Waals surface area contributed by atoms with E-state index in [1.54, 1.807) is 0 Å². The molecule has 2 nitrogen and oxygen atoms in total. The van der Waals surface area contributed by atoms with Gasteiger partial charge in [0.1, 0.15) is 0 Å². The van der Waals surface area contributed by atoms with Gasteiger partial charge in [-0.25, -0.2) is 0 Å². The average molecular weight is 513 g/mol. The topological polar surface area (TPSA) is 24.1 Å². The SMILES string of the molecule is CC(C)(C)[Si](C)(C)Nc1ccc2ccccc2c1-c1c(N[Si](C)(C)C(C)(C)C)ccc2ccccc12. The number of nitrogens with one attached hydrogen (secondary N) is 2. The third-order valence-electron chi connectivity index (χ3n) is 8.75. The van der Waals surface area contributed by atoms with E-state index in [9.17, 15) is 0 Å². The van der Waals surface area contributed by atoms with Crippen molar-refractivity contribution in [3.8, 4) is 11.1 Å². The van der Waals surface area contributed by atoms with Gasteiger partial charge in [0.2, 0.25) is 0 Å². The van der Waals surface area contributed by atoms with Gasteiger partial charge in [-0.1, -0.05) is 128 Å². The zero-order valence-electron chi connectivity index (χ0n) is 23.9. The minimum atomic E-state index is -1.82. The summed E-state index contributed by atoms with van der Waals surface area (Å²) in [6.45, 7) is 24.0. The molecule has 0 saturated heterocycles. The third kappa shape index (κ3) is 4.86. The Labute approximate surface area is 220 Å². The van der Waals surface area contributed by atoms with Crippen LogP contribution in [-0.4, -0.2) is 16.5 Å². The lowest BCUT2D eigenvalue weighted by Crippen LogP contribution is -2.46. The molecular weight excluding hydrogens is 469 g/mol. The van der Waals surface area contributed by atoms with E-state index >= 15 is 0 Å². The predicted molar refractivity (Wildman–Crippen MR) is 169 cm³/mol. The quantitative estimate of drug-likeness (QED) is 0.260.